The Morgan fingerprint density at radius 3 is 3.18 bits per heavy atom. The summed E-state index contributed by atoms with van der Waals surface area (Å²) < 4.78 is 0. The number of hydrogen-bond donors (Lipinski definition) is 2. The van der Waals surface area contributed by atoms with Gasteiger partial charge < -0.3 is 5.32 Å². The molecule has 1 saturated heterocycles. The van der Waals surface area contributed by atoms with Crippen molar-refractivity contribution in [1.29, 1.82) is 0 Å². The molecule has 0 bridgehead atoms. The fraction of sp³-hybridized carbons (Fsp3) is 0.438. The molecule has 0 aromatic carbocycles. The van der Waals surface area contributed by atoms with Gasteiger partial charge in [-0.2, -0.15) is 5.10 Å². The Kier molecular flexibility index (Phi) is 4.48. The van der Waals surface area contributed by atoms with Crippen LogP contribution in [-0.4, -0.2) is 45.6 Å². The van der Waals surface area contributed by atoms with Crippen LogP contribution in [0.3, 0.4) is 0 Å². The highest BCUT2D eigenvalue weighted by molar-refractivity contribution is 5.92. The number of aromatic nitrogens is 3. The minimum absolute atomic E-state index is 0.00635. The molecule has 0 aliphatic carbocycles. The second-order valence-corrected chi connectivity index (χ2v) is 5.84. The normalized spacial score (nSPS) is 19.0. The highest BCUT2D eigenvalue weighted by Gasteiger charge is 2.24. The number of carbonyl (C=O) groups is 1. The molecule has 2 aromatic rings. The summed E-state index contributed by atoms with van der Waals surface area (Å²) >= 11 is 0. The van der Waals surface area contributed by atoms with E-state index < -0.39 is 0 Å². The van der Waals surface area contributed by atoms with E-state index in [1.807, 2.05) is 19.1 Å². The Balaban J connectivity index is 1.55. The number of nitrogens with zero attached hydrogens (tertiary/aromatic N) is 3. The third kappa shape index (κ3) is 3.71. The number of rotatable bonds is 4. The summed E-state index contributed by atoms with van der Waals surface area (Å²) in [6.45, 7) is 4.26. The quantitative estimate of drug-likeness (QED) is 0.904. The molecule has 1 aliphatic heterocycles. The van der Waals surface area contributed by atoms with E-state index in [2.05, 4.69) is 31.5 Å². The summed E-state index contributed by atoms with van der Waals surface area (Å²) in [4.78, 5) is 18.3. The average molecular weight is 299 g/mol. The molecule has 1 aliphatic rings. The van der Waals surface area contributed by atoms with Gasteiger partial charge in [0.2, 0.25) is 5.91 Å². The summed E-state index contributed by atoms with van der Waals surface area (Å²) in [5.41, 5.74) is 2.93. The van der Waals surface area contributed by atoms with Crippen LogP contribution in [0.4, 0.5) is 5.69 Å². The van der Waals surface area contributed by atoms with Gasteiger partial charge in [-0.05, 0) is 44.5 Å². The lowest BCUT2D eigenvalue weighted by Crippen LogP contribution is -2.39. The number of likely N-dealkylation sites (tertiary alicyclic amines) is 1. The fourth-order valence-electron chi connectivity index (χ4n) is 2.93. The molecule has 22 heavy (non-hydrogen) atoms. The summed E-state index contributed by atoms with van der Waals surface area (Å²) in [5.74, 6) is 0.414. The molecule has 1 amide bonds. The van der Waals surface area contributed by atoms with Crippen molar-refractivity contribution >= 4 is 11.6 Å². The third-order valence-electron chi connectivity index (χ3n) is 3.96. The summed E-state index contributed by atoms with van der Waals surface area (Å²) in [5, 5.41) is 10.2. The maximum atomic E-state index is 12.1. The Hall–Kier alpha value is -2.21. The van der Waals surface area contributed by atoms with Gasteiger partial charge in [0, 0.05) is 24.4 Å². The maximum Gasteiger partial charge on any atom is 0.238 e. The first-order chi connectivity index (χ1) is 10.7. The number of aromatic amines is 1. The SMILES string of the molecule is Cc1cc([C@@H]2CCCN(CC(=O)Nc3cccnc3)C2)n[nH]1. The Labute approximate surface area is 129 Å². The first kappa shape index (κ1) is 14.7. The molecule has 0 radical (unpaired) electrons. The highest BCUT2D eigenvalue weighted by Crippen LogP contribution is 2.25. The number of pyridine rings is 1. The number of aryl methyl sites for hydroxylation is 1. The Morgan fingerprint density at radius 2 is 2.45 bits per heavy atom. The van der Waals surface area contributed by atoms with Crippen molar-refractivity contribution in [1.82, 2.24) is 20.1 Å². The van der Waals surface area contributed by atoms with Gasteiger partial charge in [0.25, 0.3) is 0 Å². The topological polar surface area (TPSA) is 73.9 Å². The van der Waals surface area contributed by atoms with Crippen molar-refractivity contribution in [2.75, 3.05) is 25.0 Å². The van der Waals surface area contributed by atoms with Crippen LogP contribution in [0.5, 0.6) is 0 Å². The summed E-state index contributed by atoms with van der Waals surface area (Å²) in [7, 11) is 0. The van der Waals surface area contributed by atoms with Gasteiger partial charge in [0.05, 0.1) is 24.1 Å². The van der Waals surface area contributed by atoms with Gasteiger partial charge in [0.15, 0.2) is 0 Å². The zero-order valence-electron chi connectivity index (χ0n) is 12.7. The van der Waals surface area contributed by atoms with E-state index in [0.29, 0.717) is 12.5 Å². The third-order valence-corrected chi connectivity index (χ3v) is 3.96. The molecule has 0 unspecified atom stereocenters. The minimum atomic E-state index is 0.00635. The molecule has 116 valence electrons. The van der Waals surface area contributed by atoms with Crippen LogP contribution in [-0.2, 0) is 4.79 Å². The van der Waals surface area contributed by atoms with Gasteiger partial charge in [-0.1, -0.05) is 0 Å². The molecule has 2 N–H and O–H groups in total. The van der Waals surface area contributed by atoms with Gasteiger partial charge in [0.1, 0.15) is 0 Å². The Bertz CT molecular complexity index is 624. The number of carbonyl (C=O) groups excluding carboxylic acids is 1. The van der Waals surface area contributed by atoms with Crippen molar-refractivity contribution in [2.24, 2.45) is 0 Å². The number of piperidine rings is 1. The summed E-state index contributed by atoms with van der Waals surface area (Å²) in [6, 6.07) is 5.76. The van der Waals surface area contributed by atoms with Crippen LogP contribution in [0.2, 0.25) is 0 Å². The van der Waals surface area contributed by atoms with Crippen molar-refractivity contribution < 1.29 is 4.79 Å². The van der Waals surface area contributed by atoms with Crippen LogP contribution in [0.15, 0.2) is 30.6 Å². The number of anilines is 1. The van der Waals surface area contributed by atoms with E-state index in [4.69, 9.17) is 0 Å². The van der Waals surface area contributed by atoms with Crippen LogP contribution in [0, 0.1) is 6.92 Å². The fourth-order valence-corrected chi connectivity index (χ4v) is 2.93. The lowest BCUT2D eigenvalue weighted by molar-refractivity contribution is -0.117. The summed E-state index contributed by atoms with van der Waals surface area (Å²) in [6.07, 6.45) is 5.57. The molecule has 1 atom stereocenters. The molecule has 3 heterocycles. The molecule has 0 saturated carbocycles. The molecule has 1 fully saturated rings. The van der Waals surface area contributed by atoms with E-state index in [9.17, 15) is 4.79 Å². The van der Waals surface area contributed by atoms with E-state index in [1.165, 1.54) is 0 Å². The molecule has 2 aromatic heterocycles. The van der Waals surface area contributed by atoms with E-state index in [-0.39, 0.29) is 5.91 Å². The smallest absolute Gasteiger partial charge is 0.238 e. The van der Waals surface area contributed by atoms with Crippen LogP contribution < -0.4 is 5.32 Å². The predicted octanol–water partition coefficient (Wildman–Crippen LogP) is 1.93. The second-order valence-electron chi connectivity index (χ2n) is 5.84. The van der Waals surface area contributed by atoms with Crippen LogP contribution in [0.1, 0.15) is 30.1 Å². The Morgan fingerprint density at radius 1 is 1.55 bits per heavy atom. The predicted molar refractivity (Wildman–Crippen MR) is 84.6 cm³/mol. The zero-order valence-corrected chi connectivity index (χ0v) is 12.7. The van der Waals surface area contributed by atoms with Crippen LogP contribution in [0.25, 0.3) is 0 Å². The number of nitrogens with one attached hydrogen (secondary N) is 2. The maximum absolute atomic E-state index is 12.1. The van der Waals surface area contributed by atoms with E-state index in [1.54, 1.807) is 12.4 Å². The highest BCUT2D eigenvalue weighted by atomic mass is 16.2. The first-order valence-corrected chi connectivity index (χ1v) is 7.65. The molecular formula is C16H21N5O. The monoisotopic (exact) mass is 299 g/mol. The van der Waals surface area contributed by atoms with Crippen molar-refractivity contribution in [2.45, 2.75) is 25.7 Å². The number of hydrogen-bond acceptors (Lipinski definition) is 4. The van der Waals surface area contributed by atoms with Gasteiger partial charge in [-0.25, -0.2) is 0 Å². The molecular weight excluding hydrogens is 278 g/mol. The zero-order chi connectivity index (χ0) is 15.4. The average Bonchev–Trinajstić information content (AvgIpc) is 2.95. The number of H-pyrrole nitrogens is 1. The standard InChI is InChI=1S/C16H21N5O/c1-12-8-15(20-19-12)13-4-3-7-21(10-13)11-16(22)18-14-5-2-6-17-9-14/h2,5-6,8-9,13H,3-4,7,10-11H2,1H3,(H,18,22)(H,19,20)/t13-/m1/s1. The molecule has 6 nitrogen and oxygen atoms in total. The minimum Gasteiger partial charge on any atom is -0.324 e. The largest absolute Gasteiger partial charge is 0.324 e. The van der Waals surface area contributed by atoms with E-state index in [0.717, 1.165) is 43.0 Å². The van der Waals surface area contributed by atoms with Crippen LogP contribution >= 0.6 is 0 Å². The van der Waals surface area contributed by atoms with Gasteiger partial charge >= 0.3 is 0 Å². The van der Waals surface area contributed by atoms with Crippen molar-refractivity contribution in [3.63, 3.8) is 0 Å². The molecule has 0 spiro atoms. The van der Waals surface area contributed by atoms with Crippen molar-refractivity contribution in [3.05, 3.63) is 42.0 Å². The lowest BCUT2D eigenvalue weighted by Gasteiger charge is -2.31. The van der Waals surface area contributed by atoms with Gasteiger partial charge in [-0.15, -0.1) is 0 Å². The second kappa shape index (κ2) is 6.70. The number of amides is 1. The molecule has 6 heteroatoms. The van der Waals surface area contributed by atoms with E-state index >= 15 is 0 Å². The van der Waals surface area contributed by atoms with Gasteiger partial charge in [-0.3, -0.25) is 19.8 Å². The molecule has 3 rings (SSSR count). The van der Waals surface area contributed by atoms with Crippen molar-refractivity contribution in [3.8, 4) is 0 Å². The first-order valence-electron chi connectivity index (χ1n) is 7.65. The lowest BCUT2D eigenvalue weighted by atomic mass is 9.94.